The molecule has 0 spiro atoms. The van der Waals surface area contributed by atoms with Crippen LogP contribution in [0.25, 0.3) is 0 Å². The summed E-state index contributed by atoms with van der Waals surface area (Å²) in [6.07, 6.45) is 1.18. The Balaban J connectivity index is 1.45. The Kier molecular flexibility index (Phi) is 6.05. The van der Waals surface area contributed by atoms with Crippen molar-refractivity contribution >= 4 is 5.82 Å². The third-order valence-corrected chi connectivity index (χ3v) is 4.51. The summed E-state index contributed by atoms with van der Waals surface area (Å²) in [6, 6.07) is 13.6. The number of piperazine rings is 1. The van der Waals surface area contributed by atoms with Crippen molar-refractivity contribution < 1.29 is 9.84 Å². The molecule has 1 N–H and O–H groups in total. The van der Waals surface area contributed by atoms with Crippen LogP contribution in [0.3, 0.4) is 0 Å². The van der Waals surface area contributed by atoms with E-state index in [2.05, 4.69) is 20.9 Å². The topological polar surface area (TPSA) is 72.6 Å². The summed E-state index contributed by atoms with van der Waals surface area (Å²) in [5.74, 6) is 1.52. The van der Waals surface area contributed by atoms with Crippen LogP contribution in [0.1, 0.15) is 11.1 Å². The predicted octanol–water partition coefficient (Wildman–Crippen LogP) is 1.82. The van der Waals surface area contributed by atoms with E-state index < -0.39 is 6.10 Å². The lowest BCUT2D eigenvalue weighted by Gasteiger charge is -2.36. The van der Waals surface area contributed by atoms with E-state index >= 15 is 0 Å². The molecule has 0 saturated carbocycles. The minimum absolute atomic E-state index is 0.280. The lowest BCUT2D eigenvalue weighted by molar-refractivity contribution is 0.0662. The van der Waals surface area contributed by atoms with Gasteiger partial charge in [0, 0.05) is 38.9 Å². The number of nitriles is 1. The number of anilines is 1. The number of hydrogen-bond acceptors (Lipinski definition) is 6. The summed E-state index contributed by atoms with van der Waals surface area (Å²) in [5, 5.41) is 19.5. The van der Waals surface area contributed by atoms with Crippen molar-refractivity contribution in [3.05, 3.63) is 53.7 Å². The first-order valence-corrected chi connectivity index (χ1v) is 8.85. The van der Waals surface area contributed by atoms with E-state index in [0.717, 1.165) is 37.7 Å². The van der Waals surface area contributed by atoms with Crippen molar-refractivity contribution in [3.8, 4) is 11.8 Å². The van der Waals surface area contributed by atoms with E-state index in [-0.39, 0.29) is 6.61 Å². The lowest BCUT2D eigenvalue weighted by atomic mass is 10.2. The van der Waals surface area contributed by atoms with Gasteiger partial charge in [0.05, 0.1) is 5.56 Å². The van der Waals surface area contributed by atoms with Gasteiger partial charge in [0.15, 0.2) is 0 Å². The van der Waals surface area contributed by atoms with E-state index in [1.54, 1.807) is 18.3 Å². The maximum atomic E-state index is 10.2. The van der Waals surface area contributed by atoms with Gasteiger partial charge in [0.2, 0.25) is 0 Å². The molecule has 6 heteroatoms. The summed E-state index contributed by atoms with van der Waals surface area (Å²) in [6.45, 7) is 6.11. The summed E-state index contributed by atoms with van der Waals surface area (Å²) in [4.78, 5) is 8.69. The number of rotatable bonds is 6. The molecule has 6 nitrogen and oxygen atoms in total. The number of aromatic nitrogens is 1. The number of benzene rings is 1. The second-order valence-electron chi connectivity index (χ2n) is 6.55. The Morgan fingerprint density at radius 2 is 1.92 bits per heavy atom. The van der Waals surface area contributed by atoms with Crippen LogP contribution in [0, 0.1) is 18.3 Å². The number of pyridine rings is 1. The minimum atomic E-state index is -0.535. The van der Waals surface area contributed by atoms with Gasteiger partial charge in [-0.15, -0.1) is 0 Å². The molecule has 26 heavy (non-hydrogen) atoms. The van der Waals surface area contributed by atoms with Crippen molar-refractivity contribution in [2.24, 2.45) is 0 Å². The molecule has 1 aromatic carbocycles. The second kappa shape index (κ2) is 8.65. The predicted molar refractivity (Wildman–Crippen MR) is 100 cm³/mol. The molecule has 0 amide bonds. The zero-order chi connectivity index (χ0) is 18.4. The van der Waals surface area contributed by atoms with Gasteiger partial charge in [-0.25, -0.2) is 4.98 Å². The molecule has 0 radical (unpaired) electrons. The fraction of sp³-hybridized carbons (Fsp3) is 0.400. The average molecular weight is 352 g/mol. The molecule has 1 saturated heterocycles. The molecule has 0 aliphatic carbocycles. The lowest BCUT2D eigenvalue weighted by Crippen LogP contribution is -2.49. The first-order chi connectivity index (χ1) is 12.7. The number of aliphatic hydroxyl groups excluding tert-OH is 1. The van der Waals surface area contributed by atoms with Gasteiger partial charge in [0.25, 0.3) is 0 Å². The average Bonchev–Trinajstić information content (AvgIpc) is 2.68. The Morgan fingerprint density at radius 3 is 2.62 bits per heavy atom. The van der Waals surface area contributed by atoms with E-state index in [1.165, 1.54) is 5.56 Å². The molecule has 1 unspecified atom stereocenters. The van der Waals surface area contributed by atoms with E-state index in [1.807, 2.05) is 31.2 Å². The van der Waals surface area contributed by atoms with Crippen LogP contribution in [-0.4, -0.2) is 60.4 Å². The van der Waals surface area contributed by atoms with Gasteiger partial charge < -0.3 is 14.7 Å². The Hall–Kier alpha value is -2.62. The number of aliphatic hydroxyl groups is 1. The van der Waals surface area contributed by atoms with Gasteiger partial charge in [-0.2, -0.15) is 5.26 Å². The van der Waals surface area contributed by atoms with Crippen LogP contribution >= 0.6 is 0 Å². The first-order valence-electron chi connectivity index (χ1n) is 8.85. The highest BCUT2D eigenvalue weighted by Crippen LogP contribution is 2.18. The number of nitrogens with zero attached hydrogens (tertiary/aromatic N) is 4. The highest BCUT2D eigenvalue weighted by molar-refractivity contribution is 5.53. The standard InChI is InChI=1S/C20H24N4O2/c1-16-4-6-19(7-5-16)26-15-18(25)14-23-9-11-24(12-10-23)20-17(13-21)3-2-8-22-20/h2-8,18,25H,9-12,14-15H2,1H3. The van der Waals surface area contributed by atoms with Gasteiger partial charge in [-0.3, -0.25) is 4.90 Å². The quantitative estimate of drug-likeness (QED) is 0.855. The third kappa shape index (κ3) is 4.72. The van der Waals surface area contributed by atoms with Crippen molar-refractivity contribution in [3.63, 3.8) is 0 Å². The molecule has 136 valence electrons. The van der Waals surface area contributed by atoms with Crippen LogP contribution in [0.2, 0.25) is 0 Å². The summed E-state index contributed by atoms with van der Waals surface area (Å²) >= 11 is 0. The van der Waals surface area contributed by atoms with Crippen LogP contribution in [0.4, 0.5) is 5.82 Å². The molecular formula is C20H24N4O2. The maximum absolute atomic E-state index is 10.2. The van der Waals surface area contributed by atoms with Crippen LogP contribution < -0.4 is 9.64 Å². The molecule has 2 aromatic rings. The van der Waals surface area contributed by atoms with Gasteiger partial charge in [-0.05, 0) is 31.2 Å². The molecule has 1 aliphatic rings. The highest BCUT2D eigenvalue weighted by atomic mass is 16.5. The molecular weight excluding hydrogens is 328 g/mol. The monoisotopic (exact) mass is 352 g/mol. The van der Waals surface area contributed by atoms with Gasteiger partial charge in [0.1, 0.15) is 30.3 Å². The van der Waals surface area contributed by atoms with E-state index in [9.17, 15) is 10.4 Å². The SMILES string of the molecule is Cc1ccc(OCC(O)CN2CCN(c3ncccc3C#N)CC2)cc1. The number of ether oxygens (including phenoxy) is 1. The Labute approximate surface area is 154 Å². The third-order valence-electron chi connectivity index (χ3n) is 4.51. The van der Waals surface area contributed by atoms with Crippen molar-refractivity contribution in [1.82, 2.24) is 9.88 Å². The van der Waals surface area contributed by atoms with Crippen LogP contribution in [0.5, 0.6) is 5.75 Å². The summed E-state index contributed by atoms with van der Waals surface area (Å²) in [5.41, 5.74) is 1.79. The Morgan fingerprint density at radius 1 is 1.19 bits per heavy atom. The minimum Gasteiger partial charge on any atom is -0.491 e. The second-order valence-corrected chi connectivity index (χ2v) is 6.55. The smallest absolute Gasteiger partial charge is 0.146 e. The summed E-state index contributed by atoms with van der Waals surface area (Å²) < 4.78 is 5.65. The molecule has 1 atom stereocenters. The van der Waals surface area contributed by atoms with Gasteiger partial charge >= 0.3 is 0 Å². The van der Waals surface area contributed by atoms with Crippen molar-refractivity contribution in [2.75, 3.05) is 44.2 Å². The normalized spacial score (nSPS) is 16.1. The first kappa shape index (κ1) is 18.2. The van der Waals surface area contributed by atoms with Crippen molar-refractivity contribution in [1.29, 1.82) is 5.26 Å². The molecule has 1 aromatic heterocycles. The molecule has 1 fully saturated rings. The zero-order valence-electron chi connectivity index (χ0n) is 15.0. The van der Waals surface area contributed by atoms with Crippen LogP contribution in [-0.2, 0) is 0 Å². The Bertz CT molecular complexity index is 749. The highest BCUT2D eigenvalue weighted by Gasteiger charge is 2.21. The fourth-order valence-electron chi connectivity index (χ4n) is 3.06. The number of hydrogen-bond donors (Lipinski definition) is 1. The zero-order valence-corrected chi connectivity index (χ0v) is 15.0. The van der Waals surface area contributed by atoms with E-state index in [4.69, 9.17) is 4.74 Å². The van der Waals surface area contributed by atoms with Crippen molar-refractivity contribution in [2.45, 2.75) is 13.0 Å². The number of β-amino-alcohol motifs (C(OH)–C–C–N with tert-alkyl or cyclic N) is 1. The molecule has 2 heterocycles. The number of aryl methyl sites for hydroxylation is 1. The van der Waals surface area contributed by atoms with Crippen LogP contribution in [0.15, 0.2) is 42.6 Å². The molecule has 0 bridgehead atoms. The maximum Gasteiger partial charge on any atom is 0.146 e. The fourth-order valence-corrected chi connectivity index (χ4v) is 3.06. The van der Waals surface area contributed by atoms with E-state index in [0.29, 0.717) is 12.1 Å². The van der Waals surface area contributed by atoms with Gasteiger partial charge in [-0.1, -0.05) is 17.7 Å². The molecule has 3 rings (SSSR count). The molecule has 1 aliphatic heterocycles. The summed E-state index contributed by atoms with van der Waals surface area (Å²) in [7, 11) is 0. The largest absolute Gasteiger partial charge is 0.491 e.